The third kappa shape index (κ3) is 4.82. The van der Waals surface area contributed by atoms with Crippen LogP contribution in [-0.2, 0) is 6.54 Å². The maximum atomic E-state index is 13.6. The van der Waals surface area contributed by atoms with Crippen LogP contribution in [0.25, 0.3) is 0 Å². The molecule has 3 rings (SSSR count). The van der Waals surface area contributed by atoms with E-state index in [2.05, 4.69) is 27.7 Å². The predicted octanol–water partition coefficient (Wildman–Crippen LogP) is 3.77. The van der Waals surface area contributed by atoms with Crippen LogP contribution in [0.3, 0.4) is 0 Å². The summed E-state index contributed by atoms with van der Waals surface area (Å²) in [5.41, 5.74) is 2.58. The van der Waals surface area contributed by atoms with Crippen LogP contribution in [0, 0.1) is 12.7 Å². The molecule has 4 nitrogen and oxygen atoms in total. The summed E-state index contributed by atoms with van der Waals surface area (Å²) in [6.07, 6.45) is 2.41. The van der Waals surface area contributed by atoms with Gasteiger partial charge in [-0.05, 0) is 55.6 Å². The fraction of sp³-hybridized carbons (Fsp3) is 0.381. The molecule has 138 valence electrons. The molecule has 0 saturated carbocycles. The van der Waals surface area contributed by atoms with E-state index in [0.717, 1.165) is 18.7 Å². The van der Waals surface area contributed by atoms with Crippen molar-refractivity contribution >= 4 is 6.03 Å². The first-order valence-corrected chi connectivity index (χ1v) is 9.19. The summed E-state index contributed by atoms with van der Waals surface area (Å²) in [6.45, 7) is 4.71. The Morgan fingerprint density at radius 1 is 1.12 bits per heavy atom. The van der Waals surface area contributed by atoms with Gasteiger partial charge in [0, 0.05) is 13.1 Å². The van der Waals surface area contributed by atoms with Crippen LogP contribution in [0.4, 0.5) is 9.18 Å². The number of hydrogen-bond acceptors (Lipinski definition) is 2. The van der Waals surface area contributed by atoms with Gasteiger partial charge in [-0.3, -0.25) is 4.90 Å². The quantitative estimate of drug-likeness (QED) is 0.828. The molecule has 1 unspecified atom stereocenters. The Morgan fingerprint density at radius 3 is 2.54 bits per heavy atom. The monoisotopic (exact) mass is 355 g/mol. The van der Waals surface area contributed by atoms with Crippen molar-refractivity contribution < 1.29 is 9.18 Å². The van der Waals surface area contributed by atoms with Crippen molar-refractivity contribution in [3.05, 3.63) is 71.0 Å². The highest BCUT2D eigenvalue weighted by molar-refractivity contribution is 5.73. The Kier molecular flexibility index (Phi) is 6.23. The van der Waals surface area contributed by atoms with Crippen molar-refractivity contribution in [3.63, 3.8) is 0 Å². The molecular weight excluding hydrogens is 329 g/mol. The first-order valence-electron chi connectivity index (χ1n) is 9.19. The second-order valence-electron chi connectivity index (χ2n) is 6.82. The summed E-state index contributed by atoms with van der Waals surface area (Å²) in [5.74, 6) is -0.247. The van der Waals surface area contributed by atoms with Crippen molar-refractivity contribution in [2.24, 2.45) is 0 Å². The average Bonchev–Trinajstić information content (AvgIpc) is 3.18. The van der Waals surface area contributed by atoms with E-state index in [-0.39, 0.29) is 17.9 Å². The molecule has 0 spiro atoms. The molecular formula is C21H26FN3O. The number of rotatable bonds is 6. The van der Waals surface area contributed by atoms with E-state index in [4.69, 9.17) is 0 Å². The van der Waals surface area contributed by atoms with E-state index in [1.807, 2.05) is 24.3 Å². The molecule has 1 atom stereocenters. The topological polar surface area (TPSA) is 44.4 Å². The second-order valence-corrected chi connectivity index (χ2v) is 6.82. The number of carbonyl (C=O) groups excluding carboxylic acids is 1. The number of likely N-dealkylation sites (tertiary alicyclic amines) is 1. The maximum absolute atomic E-state index is 13.6. The first-order chi connectivity index (χ1) is 12.6. The lowest BCUT2D eigenvalue weighted by atomic mass is 10.1. The molecule has 1 aliphatic heterocycles. The zero-order chi connectivity index (χ0) is 18.4. The van der Waals surface area contributed by atoms with E-state index in [0.29, 0.717) is 18.7 Å². The zero-order valence-electron chi connectivity index (χ0n) is 15.2. The van der Waals surface area contributed by atoms with Gasteiger partial charge in [-0.2, -0.15) is 0 Å². The molecule has 1 saturated heterocycles. The summed E-state index contributed by atoms with van der Waals surface area (Å²) < 4.78 is 13.6. The summed E-state index contributed by atoms with van der Waals surface area (Å²) in [4.78, 5) is 14.6. The van der Waals surface area contributed by atoms with Crippen LogP contribution in [0.15, 0.2) is 48.5 Å². The number of nitrogens with one attached hydrogen (secondary N) is 2. The van der Waals surface area contributed by atoms with Crippen molar-refractivity contribution in [3.8, 4) is 0 Å². The molecule has 2 N–H and O–H groups in total. The van der Waals surface area contributed by atoms with Gasteiger partial charge in [0.1, 0.15) is 5.82 Å². The molecule has 2 aromatic rings. The first kappa shape index (κ1) is 18.4. The van der Waals surface area contributed by atoms with Crippen LogP contribution < -0.4 is 10.6 Å². The highest BCUT2D eigenvalue weighted by Crippen LogP contribution is 2.24. The minimum Gasteiger partial charge on any atom is -0.336 e. The van der Waals surface area contributed by atoms with Crippen molar-refractivity contribution in [1.29, 1.82) is 0 Å². The number of urea groups is 1. The van der Waals surface area contributed by atoms with Crippen molar-refractivity contribution in [2.45, 2.75) is 32.4 Å². The number of carbonyl (C=O) groups is 1. The van der Waals surface area contributed by atoms with Gasteiger partial charge in [0.25, 0.3) is 0 Å². The molecule has 26 heavy (non-hydrogen) atoms. The molecule has 2 amide bonds. The van der Waals surface area contributed by atoms with Crippen molar-refractivity contribution in [2.75, 3.05) is 19.6 Å². The fourth-order valence-electron chi connectivity index (χ4n) is 3.37. The number of aryl methyl sites for hydroxylation is 1. The average molecular weight is 355 g/mol. The van der Waals surface area contributed by atoms with Crippen molar-refractivity contribution in [1.82, 2.24) is 15.5 Å². The highest BCUT2D eigenvalue weighted by atomic mass is 19.1. The SMILES string of the molecule is Cc1ccc(CNC(=O)NCC(c2ccccc2)N2CCCC2)cc1F. The molecule has 0 radical (unpaired) electrons. The van der Waals surface area contributed by atoms with Crippen LogP contribution in [0.5, 0.6) is 0 Å². The zero-order valence-corrected chi connectivity index (χ0v) is 15.2. The third-order valence-electron chi connectivity index (χ3n) is 4.91. The van der Waals surface area contributed by atoms with Gasteiger partial charge in [0.2, 0.25) is 0 Å². The van der Waals surface area contributed by atoms with Gasteiger partial charge < -0.3 is 10.6 Å². The molecule has 0 aromatic heterocycles. The van der Waals surface area contributed by atoms with E-state index in [1.165, 1.54) is 24.5 Å². The van der Waals surface area contributed by atoms with E-state index in [9.17, 15) is 9.18 Å². The van der Waals surface area contributed by atoms with Gasteiger partial charge in [0.05, 0.1) is 6.04 Å². The van der Waals surface area contributed by atoms with Gasteiger partial charge >= 0.3 is 6.03 Å². The maximum Gasteiger partial charge on any atom is 0.315 e. The smallest absolute Gasteiger partial charge is 0.315 e. The molecule has 0 bridgehead atoms. The van der Waals surface area contributed by atoms with E-state index in [1.54, 1.807) is 13.0 Å². The lowest BCUT2D eigenvalue weighted by molar-refractivity contribution is 0.220. The highest BCUT2D eigenvalue weighted by Gasteiger charge is 2.23. The summed E-state index contributed by atoms with van der Waals surface area (Å²) in [7, 11) is 0. The van der Waals surface area contributed by atoms with Gasteiger partial charge in [-0.15, -0.1) is 0 Å². The van der Waals surface area contributed by atoms with Crippen LogP contribution >= 0.6 is 0 Å². The molecule has 1 fully saturated rings. The minimum atomic E-state index is -0.247. The Hall–Kier alpha value is -2.40. The normalized spacial score (nSPS) is 15.6. The van der Waals surface area contributed by atoms with Gasteiger partial charge in [-0.25, -0.2) is 9.18 Å². The Bertz CT molecular complexity index is 729. The van der Waals surface area contributed by atoms with E-state index < -0.39 is 0 Å². The summed E-state index contributed by atoms with van der Waals surface area (Å²) in [6, 6.07) is 15.3. The summed E-state index contributed by atoms with van der Waals surface area (Å²) in [5, 5.41) is 5.78. The molecule has 1 aliphatic rings. The summed E-state index contributed by atoms with van der Waals surface area (Å²) >= 11 is 0. The predicted molar refractivity (Wildman–Crippen MR) is 101 cm³/mol. The lowest BCUT2D eigenvalue weighted by Crippen LogP contribution is -2.41. The number of amides is 2. The lowest BCUT2D eigenvalue weighted by Gasteiger charge is -2.28. The molecule has 0 aliphatic carbocycles. The van der Waals surface area contributed by atoms with Gasteiger partial charge in [-0.1, -0.05) is 42.5 Å². The molecule has 1 heterocycles. The minimum absolute atomic E-state index is 0.182. The molecule has 2 aromatic carbocycles. The van der Waals surface area contributed by atoms with Crippen LogP contribution in [0.2, 0.25) is 0 Å². The Balaban J connectivity index is 1.54. The third-order valence-corrected chi connectivity index (χ3v) is 4.91. The van der Waals surface area contributed by atoms with Crippen LogP contribution in [0.1, 0.15) is 35.6 Å². The number of hydrogen-bond donors (Lipinski definition) is 2. The fourth-order valence-corrected chi connectivity index (χ4v) is 3.37. The van der Waals surface area contributed by atoms with Gasteiger partial charge in [0.15, 0.2) is 0 Å². The largest absolute Gasteiger partial charge is 0.336 e. The molecule has 5 heteroatoms. The Labute approximate surface area is 154 Å². The number of halogens is 1. The number of nitrogens with zero attached hydrogens (tertiary/aromatic N) is 1. The number of benzene rings is 2. The Morgan fingerprint density at radius 2 is 1.85 bits per heavy atom. The standard InChI is InChI=1S/C21H26FN3O/c1-16-9-10-17(13-19(16)22)14-23-21(26)24-15-20(25-11-5-6-12-25)18-7-3-2-4-8-18/h2-4,7-10,13,20H,5-6,11-12,14-15H2,1H3,(H2,23,24,26). The van der Waals surface area contributed by atoms with Crippen LogP contribution in [-0.4, -0.2) is 30.6 Å². The second kappa shape index (κ2) is 8.81. The van der Waals surface area contributed by atoms with E-state index >= 15 is 0 Å².